The van der Waals surface area contributed by atoms with Crippen molar-refractivity contribution in [2.45, 2.75) is 75.3 Å². The summed E-state index contributed by atoms with van der Waals surface area (Å²) < 4.78 is 33.9. The average Bonchev–Trinajstić information content (AvgIpc) is 3.19. The van der Waals surface area contributed by atoms with Crippen molar-refractivity contribution >= 4 is 15.9 Å². The topological polar surface area (TPSA) is 75.7 Å². The van der Waals surface area contributed by atoms with Crippen molar-refractivity contribution in [3.05, 3.63) is 23.8 Å². The number of amides is 1. The molecule has 6 nitrogen and oxygen atoms in total. The van der Waals surface area contributed by atoms with E-state index in [1.807, 2.05) is 4.90 Å². The quantitative estimate of drug-likeness (QED) is 0.803. The fourth-order valence-electron chi connectivity index (χ4n) is 4.20. The minimum Gasteiger partial charge on any atom is -0.495 e. The van der Waals surface area contributed by atoms with Gasteiger partial charge in [0, 0.05) is 24.2 Å². The van der Waals surface area contributed by atoms with Crippen LogP contribution in [0.2, 0.25) is 0 Å². The standard InChI is InChI=1S/C20H30N2O4S/c1-3-17-10-6-7-13-22(17)20(23)15-11-12-18(26-2)19(14-15)27(24,25)21-16-8-4-5-9-16/h11-12,14,16-17,21H,3-10,13H2,1-2H3. The minimum atomic E-state index is -3.74. The van der Waals surface area contributed by atoms with E-state index in [1.165, 1.54) is 13.2 Å². The zero-order valence-corrected chi connectivity index (χ0v) is 17.1. The number of hydrogen-bond acceptors (Lipinski definition) is 4. The molecule has 1 aliphatic heterocycles. The number of methoxy groups -OCH3 is 1. The lowest BCUT2D eigenvalue weighted by molar-refractivity contribution is 0.0607. The average molecular weight is 395 g/mol. The first-order valence-corrected chi connectivity index (χ1v) is 11.5. The Morgan fingerprint density at radius 3 is 2.56 bits per heavy atom. The number of ether oxygens (including phenoxy) is 1. The maximum atomic E-state index is 13.1. The summed E-state index contributed by atoms with van der Waals surface area (Å²) in [5.41, 5.74) is 0.406. The van der Waals surface area contributed by atoms with Crippen LogP contribution in [0.5, 0.6) is 5.75 Å². The molecular weight excluding hydrogens is 364 g/mol. The van der Waals surface area contributed by atoms with E-state index < -0.39 is 10.0 Å². The number of likely N-dealkylation sites (tertiary alicyclic amines) is 1. The van der Waals surface area contributed by atoms with Gasteiger partial charge in [-0.2, -0.15) is 0 Å². The smallest absolute Gasteiger partial charge is 0.254 e. The van der Waals surface area contributed by atoms with Crippen LogP contribution >= 0.6 is 0 Å². The molecule has 27 heavy (non-hydrogen) atoms. The molecule has 3 rings (SSSR count). The van der Waals surface area contributed by atoms with E-state index in [0.29, 0.717) is 5.56 Å². The van der Waals surface area contributed by atoms with Gasteiger partial charge in [-0.3, -0.25) is 4.79 Å². The van der Waals surface area contributed by atoms with E-state index in [4.69, 9.17) is 4.74 Å². The SMILES string of the molecule is CCC1CCCCN1C(=O)c1ccc(OC)c(S(=O)(=O)NC2CCCC2)c1. The third-order valence-corrected chi connectivity index (χ3v) is 7.28. The van der Waals surface area contributed by atoms with Crippen molar-refractivity contribution in [3.8, 4) is 5.75 Å². The number of hydrogen-bond donors (Lipinski definition) is 1. The van der Waals surface area contributed by atoms with Crippen molar-refractivity contribution in [2.75, 3.05) is 13.7 Å². The summed E-state index contributed by atoms with van der Waals surface area (Å²) in [5, 5.41) is 0. The monoisotopic (exact) mass is 394 g/mol. The molecule has 1 unspecified atom stereocenters. The summed E-state index contributed by atoms with van der Waals surface area (Å²) in [5.74, 6) is 0.171. The molecule has 1 aromatic carbocycles. The second-order valence-electron chi connectivity index (χ2n) is 7.52. The molecule has 1 saturated heterocycles. The number of piperidine rings is 1. The number of rotatable bonds is 6. The van der Waals surface area contributed by atoms with Gasteiger partial charge in [0.1, 0.15) is 10.6 Å². The first-order chi connectivity index (χ1) is 13.0. The summed E-state index contributed by atoms with van der Waals surface area (Å²) in [7, 11) is -2.29. The van der Waals surface area contributed by atoms with Gasteiger partial charge in [-0.05, 0) is 56.7 Å². The van der Waals surface area contributed by atoms with Crippen molar-refractivity contribution in [3.63, 3.8) is 0 Å². The Morgan fingerprint density at radius 1 is 1.19 bits per heavy atom. The van der Waals surface area contributed by atoms with Crippen molar-refractivity contribution < 1.29 is 17.9 Å². The lowest BCUT2D eigenvalue weighted by Crippen LogP contribution is -2.43. The summed E-state index contributed by atoms with van der Waals surface area (Å²) >= 11 is 0. The van der Waals surface area contributed by atoms with Crippen LogP contribution in [0.4, 0.5) is 0 Å². The minimum absolute atomic E-state index is 0.0365. The molecule has 0 bridgehead atoms. The molecule has 1 heterocycles. The lowest BCUT2D eigenvalue weighted by Gasteiger charge is -2.35. The predicted molar refractivity (Wildman–Crippen MR) is 105 cm³/mol. The summed E-state index contributed by atoms with van der Waals surface area (Å²) in [6, 6.07) is 4.91. The summed E-state index contributed by atoms with van der Waals surface area (Å²) in [4.78, 5) is 15.0. The normalized spacial score (nSPS) is 21.4. The number of nitrogens with one attached hydrogen (secondary N) is 1. The zero-order valence-electron chi connectivity index (χ0n) is 16.2. The van der Waals surface area contributed by atoms with E-state index in [1.54, 1.807) is 12.1 Å². The second kappa shape index (κ2) is 8.61. The zero-order chi connectivity index (χ0) is 19.4. The molecule has 0 aromatic heterocycles. The van der Waals surface area contributed by atoms with Crippen LogP contribution in [0, 0.1) is 0 Å². The maximum Gasteiger partial charge on any atom is 0.254 e. The largest absolute Gasteiger partial charge is 0.495 e. The van der Waals surface area contributed by atoms with Gasteiger partial charge < -0.3 is 9.64 Å². The highest BCUT2D eigenvalue weighted by Gasteiger charge is 2.30. The van der Waals surface area contributed by atoms with Crippen LogP contribution in [-0.4, -0.2) is 45.0 Å². The van der Waals surface area contributed by atoms with Gasteiger partial charge in [-0.15, -0.1) is 0 Å². The van der Waals surface area contributed by atoms with Gasteiger partial charge >= 0.3 is 0 Å². The van der Waals surface area contributed by atoms with Gasteiger partial charge in [-0.1, -0.05) is 19.8 Å². The highest BCUT2D eigenvalue weighted by atomic mass is 32.2. The van der Waals surface area contributed by atoms with Crippen molar-refractivity contribution in [1.29, 1.82) is 0 Å². The van der Waals surface area contributed by atoms with Gasteiger partial charge in [0.25, 0.3) is 5.91 Å². The third kappa shape index (κ3) is 4.46. The van der Waals surface area contributed by atoms with Gasteiger partial charge in [-0.25, -0.2) is 13.1 Å². The molecule has 1 atom stereocenters. The van der Waals surface area contributed by atoms with Crippen LogP contribution in [0.3, 0.4) is 0 Å². The Morgan fingerprint density at radius 2 is 1.89 bits per heavy atom. The number of sulfonamides is 1. The number of benzene rings is 1. The fourth-order valence-corrected chi connectivity index (χ4v) is 5.70. The molecule has 1 N–H and O–H groups in total. The van der Waals surface area contributed by atoms with Crippen LogP contribution in [-0.2, 0) is 10.0 Å². The molecule has 2 fully saturated rings. The van der Waals surface area contributed by atoms with Crippen LogP contribution in [0.25, 0.3) is 0 Å². The number of carbonyl (C=O) groups is 1. The van der Waals surface area contributed by atoms with Crippen molar-refractivity contribution in [1.82, 2.24) is 9.62 Å². The lowest BCUT2D eigenvalue weighted by atomic mass is 9.99. The predicted octanol–water partition coefficient (Wildman–Crippen LogP) is 3.32. The van der Waals surface area contributed by atoms with Gasteiger partial charge in [0.05, 0.1) is 7.11 Å². The molecule has 1 amide bonds. The first kappa shape index (κ1) is 20.1. The Bertz CT molecular complexity index is 772. The van der Waals surface area contributed by atoms with Crippen LogP contribution in [0.1, 0.15) is 68.6 Å². The maximum absolute atomic E-state index is 13.1. The van der Waals surface area contributed by atoms with E-state index in [0.717, 1.165) is 57.9 Å². The number of carbonyl (C=O) groups excluding carboxylic acids is 1. The van der Waals surface area contributed by atoms with Crippen LogP contribution < -0.4 is 9.46 Å². The molecule has 2 aliphatic rings. The number of nitrogens with zero attached hydrogens (tertiary/aromatic N) is 1. The Labute approximate surface area is 162 Å². The van der Waals surface area contributed by atoms with E-state index in [-0.39, 0.29) is 28.6 Å². The summed E-state index contributed by atoms with van der Waals surface area (Å²) in [6.45, 7) is 2.82. The Balaban J connectivity index is 1.89. The molecule has 0 spiro atoms. The van der Waals surface area contributed by atoms with Gasteiger partial charge in [0.15, 0.2) is 0 Å². The molecule has 1 aliphatic carbocycles. The Hall–Kier alpha value is -1.60. The highest BCUT2D eigenvalue weighted by Crippen LogP contribution is 2.29. The second-order valence-corrected chi connectivity index (χ2v) is 9.21. The van der Waals surface area contributed by atoms with E-state index in [2.05, 4.69) is 11.6 Å². The van der Waals surface area contributed by atoms with Crippen molar-refractivity contribution in [2.24, 2.45) is 0 Å². The first-order valence-electron chi connectivity index (χ1n) is 9.97. The fraction of sp³-hybridized carbons (Fsp3) is 0.650. The molecule has 7 heteroatoms. The summed E-state index contributed by atoms with van der Waals surface area (Å²) in [6.07, 6.45) is 7.83. The molecule has 1 saturated carbocycles. The highest BCUT2D eigenvalue weighted by molar-refractivity contribution is 7.89. The van der Waals surface area contributed by atoms with E-state index >= 15 is 0 Å². The molecule has 150 valence electrons. The Kier molecular flexibility index (Phi) is 6.42. The van der Waals surface area contributed by atoms with E-state index in [9.17, 15) is 13.2 Å². The molecular formula is C20H30N2O4S. The van der Waals surface area contributed by atoms with Gasteiger partial charge in [0.2, 0.25) is 10.0 Å². The molecule has 1 aromatic rings. The van der Waals surface area contributed by atoms with Crippen LogP contribution in [0.15, 0.2) is 23.1 Å². The third-order valence-electron chi connectivity index (χ3n) is 5.74. The molecule has 0 radical (unpaired) electrons.